The number of thiocarbonyl (C=S) groups is 1. The van der Waals surface area contributed by atoms with Crippen molar-refractivity contribution in [3.05, 3.63) is 0 Å². The first-order chi connectivity index (χ1) is 7.49. The fourth-order valence-electron chi connectivity index (χ4n) is 1.94. The molecule has 2 saturated heterocycles. The summed E-state index contributed by atoms with van der Waals surface area (Å²) in [6, 6.07) is 0. The molecule has 0 radical (unpaired) electrons. The lowest BCUT2D eigenvalue weighted by atomic mass is 10.1. The maximum Gasteiger partial charge on any atom is 0.246 e. The normalized spacial score (nSPS) is 34.6. The fourth-order valence-corrected chi connectivity index (χ4v) is 3.22. The van der Waals surface area contributed by atoms with Gasteiger partial charge in [-0.15, -0.1) is 0 Å². The highest BCUT2D eigenvalue weighted by molar-refractivity contribution is 8.16. The maximum absolute atomic E-state index is 12.2. The second-order valence-electron chi connectivity index (χ2n) is 4.35. The number of hydrazone groups is 1. The smallest absolute Gasteiger partial charge is 0.246 e. The van der Waals surface area contributed by atoms with Gasteiger partial charge in [-0.2, -0.15) is 5.10 Å². The molecule has 3 aliphatic heterocycles. The van der Waals surface area contributed by atoms with Crippen molar-refractivity contribution in [1.82, 2.24) is 21.0 Å². The van der Waals surface area contributed by atoms with E-state index in [4.69, 9.17) is 12.2 Å². The van der Waals surface area contributed by atoms with Crippen molar-refractivity contribution in [3.63, 3.8) is 0 Å². The Balaban J connectivity index is 1.98. The second kappa shape index (κ2) is 3.01. The number of hydrogen-bond acceptors (Lipinski definition) is 5. The molecule has 0 bridgehead atoms. The van der Waals surface area contributed by atoms with Crippen LogP contribution in [0.5, 0.6) is 0 Å². The van der Waals surface area contributed by atoms with Gasteiger partial charge in [-0.05, 0) is 26.1 Å². The highest BCUT2D eigenvalue weighted by atomic mass is 32.2. The minimum Gasteiger partial charge on any atom is -0.339 e. The van der Waals surface area contributed by atoms with Crippen LogP contribution < -0.4 is 16.1 Å². The number of thioether (sulfide) groups is 1. The zero-order valence-corrected chi connectivity index (χ0v) is 10.4. The molecular formula is C8H11N5OS2. The van der Waals surface area contributed by atoms with E-state index >= 15 is 0 Å². The Morgan fingerprint density at radius 3 is 3.00 bits per heavy atom. The molecule has 0 saturated carbocycles. The Kier molecular flexibility index (Phi) is 1.91. The van der Waals surface area contributed by atoms with E-state index in [0.717, 1.165) is 0 Å². The Morgan fingerprint density at radius 2 is 2.25 bits per heavy atom. The molecule has 0 aromatic carbocycles. The third kappa shape index (κ3) is 1.23. The SMILES string of the molecule is CC1(C)SC2=NNC3NC(=S)NC3N2C1=O. The summed E-state index contributed by atoms with van der Waals surface area (Å²) in [6.45, 7) is 3.80. The predicted octanol–water partition coefficient (Wildman–Crippen LogP) is -0.656. The zero-order valence-electron chi connectivity index (χ0n) is 8.77. The summed E-state index contributed by atoms with van der Waals surface area (Å²) >= 11 is 6.49. The van der Waals surface area contributed by atoms with E-state index in [1.807, 2.05) is 13.8 Å². The summed E-state index contributed by atoms with van der Waals surface area (Å²) in [5.41, 5.74) is 2.95. The quantitative estimate of drug-likeness (QED) is 0.501. The van der Waals surface area contributed by atoms with E-state index < -0.39 is 4.75 Å². The van der Waals surface area contributed by atoms with Crippen LogP contribution in [0.4, 0.5) is 0 Å². The monoisotopic (exact) mass is 257 g/mol. The largest absolute Gasteiger partial charge is 0.339 e. The lowest BCUT2D eigenvalue weighted by Crippen LogP contribution is -2.59. The first-order valence-corrected chi connectivity index (χ1v) is 6.14. The fraction of sp³-hybridized carbons (Fsp3) is 0.625. The van der Waals surface area contributed by atoms with Crippen LogP contribution in [0.15, 0.2) is 5.10 Å². The molecule has 0 aliphatic carbocycles. The third-order valence-corrected chi connectivity index (χ3v) is 4.14. The maximum atomic E-state index is 12.2. The number of hydrogen-bond donors (Lipinski definition) is 3. The van der Waals surface area contributed by atoms with Crippen molar-refractivity contribution in [2.45, 2.75) is 30.9 Å². The van der Waals surface area contributed by atoms with Gasteiger partial charge in [0.15, 0.2) is 22.6 Å². The summed E-state index contributed by atoms with van der Waals surface area (Å²) < 4.78 is -0.457. The van der Waals surface area contributed by atoms with E-state index in [1.54, 1.807) is 4.90 Å². The Bertz CT molecular complexity index is 421. The molecule has 0 aromatic rings. The van der Waals surface area contributed by atoms with E-state index in [9.17, 15) is 4.79 Å². The molecule has 0 spiro atoms. The first-order valence-electron chi connectivity index (χ1n) is 4.92. The van der Waals surface area contributed by atoms with Crippen LogP contribution in [0.1, 0.15) is 13.8 Å². The van der Waals surface area contributed by atoms with Crippen LogP contribution in [0.2, 0.25) is 0 Å². The average molecular weight is 257 g/mol. The first kappa shape index (κ1) is 10.2. The van der Waals surface area contributed by atoms with Gasteiger partial charge in [0.25, 0.3) is 0 Å². The number of fused-ring (bicyclic) bond motifs is 3. The lowest BCUT2D eigenvalue weighted by molar-refractivity contribution is -0.130. The van der Waals surface area contributed by atoms with Gasteiger partial charge in [0.1, 0.15) is 0 Å². The van der Waals surface area contributed by atoms with Crippen molar-refractivity contribution >= 4 is 40.2 Å². The molecule has 3 rings (SSSR count). The summed E-state index contributed by atoms with van der Waals surface area (Å²) in [6.07, 6.45) is -0.323. The Hall–Kier alpha value is -1.02. The van der Waals surface area contributed by atoms with Crippen LogP contribution in [-0.2, 0) is 4.79 Å². The number of rotatable bonds is 0. The molecule has 16 heavy (non-hydrogen) atoms. The molecule has 1 amide bonds. The minimum atomic E-state index is -0.457. The number of carbonyl (C=O) groups is 1. The van der Waals surface area contributed by atoms with Crippen molar-refractivity contribution in [2.24, 2.45) is 5.10 Å². The van der Waals surface area contributed by atoms with Crippen molar-refractivity contribution in [2.75, 3.05) is 0 Å². The van der Waals surface area contributed by atoms with Gasteiger partial charge in [0.05, 0.1) is 4.75 Å². The van der Waals surface area contributed by atoms with Crippen molar-refractivity contribution in [3.8, 4) is 0 Å². The van der Waals surface area contributed by atoms with Gasteiger partial charge in [0.2, 0.25) is 5.91 Å². The summed E-state index contributed by atoms with van der Waals surface area (Å²) in [5, 5.41) is 11.5. The Morgan fingerprint density at radius 1 is 1.50 bits per heavy atom. The molecular weight excluding hydrogens is 246 g/mol. The van der Waals surface area contributed by atoms with Gasteiger partial charge < -0.3 is 10.6 Å². The van der Waals surface area contributed by atoms with Gasteiger partial charge in [-0.1, -0.05) is 11.8 Å². The van der Waals surface area contributed by atoms with Crippen molar-refractivity contribution in [1.29, 1.82) is 0 Å². The van der Waals surface area contributed by atoms with Crippen LogP contribution in [0.25, 0.3) is 0 Å². The van der Waals surface area contributed by atoms with Gasteiger partial charge in [-0.25, -0.2) is 0 Å². The second-order valence-corrected chi connectivity index (χ2v) is 6.35. The zero-order chi connectivity index (χ0) is 11.5. The standard InChI is InChI=1S/C8H11N5OS2/c1-8(2)5(14)13-4-3(9-6(15)10-4)11-12-7(13)16-8/h3-4,11H,1-2H3,(H2,9,10,15). The minimum absolute atomic E-state index is 0.0618. The molecule has 8 heteroatoms. The number of amidine groups is 1. The van der Waals surface area contributed by atoms with E-state index in [2.05, 4.69) is 21.2 Å². The molecule has 2 atom stereocenters. The summed E-state index contributed by atoms with van der Waals surface area (Å²) in [5.74, 6) is 0.0618. The van der Waals surface area contributed by atoms with E-state index in [1.165, 1.54) is 11.8 Å². The topological polar surface area (TPSA) is 68.8 Å². The number of amides is 1. The van der Waals surface area contributed by atoms with Crippen LogP contribution in [0.3, 0.4) is 0 Å². The Labute approximate surface area is 102 Å². The molecule has 0 aromatic heterocycles. The molecule has 2 fully saturated rings. The number of carbonyl (C=O) groups excluding carboxylic acids is 1. The highest BCUT2D eigenvalue weighted by Gasteiger charge is 2.52. The molecule has 3 N–H and O–H groups in total. The molecule has 3 aliphatic rings. The van der Waals surface area contributed by atoms with Crippen LogP contribution in [-0.4, -0.2) is 38.2 Å². The number of nitrogens with one attached hydrogen (secondary N) is 3. The van der Waals surface area contributed by atoms with Crippen LogP contribution in [0, 0.1) is 0 Å². The predicted molar refractivity (Wildman–Crippen MR) is 65.5 cm³/mol. The molecule has 2 unspecified atom stereocenters. The molecule has 6 nitrogen and oxygen atoms in total. The summed E-state index contributed by atoms with van der Waals surface area (Å²) in [4.78, 5) is 13.9. The van der Waals surface area contributed by atoms with Gasteiger partial charge >= 0.3 is 0 Å². The molecule has 3 heterocycles. The molecule has 86 valence electrons. The lowest BCUT2D eigenvalue weighted by Gasteiger charge is -2.31. The number of nitrogens with zero attached hydrogens (tertiary/aromatic N) is 2. The average Bonchev–Trinajstić information content (AvgIpc) is 2.65. The highest BCUT2D eigenvalue weighted by Crippen LogP contribution is 2.39. The van der Waals surface area contributed by atoms with Gasteiger partial charge in [0, 0.05) is 0 Å². The van der Waals surface area contributed by atoms with Crippen LogP contribution >= 0.6 is 24.0 Å². The van der Waals surface area contributed by atoms with E-state index in [0.29, 0.717) is 10.3 Å². The summed E-state index contributed by atoms with van der Waals surface area (Å²) in [7, 11) is 0. The van der Waals surface area contributed by atoms with Crippen molar-refractivity contribution < 1.29 is 4.79 Å². The third-order valence-electron chi connectivity index (χ3n) is 2.75. The van der Waals surface area contributed by atoms with Gasteiger partial charge in [-0.3, -0.25) is 15.1 Å². The van der Waals surface area contributed by atoms with E-state index in [-0.39, 0.29) is 18.2 Å².